The first-order chi connectivity index (χ1) is 15.7. The summed E-state index contributed by atoms with van der Waals surface area (Å²) in [6.45, 7) is 1.10. The first-order valence-electron chi connectivity index (χ1n) is 10.3. The average molecular weight is 443 g/mol. The van der Waals surface area contributed by atoms with Crippen LogP contribution in [0.15, 0.2) is 97.1 Å². The summed E-state index contributed by atoms with van der Waals surface area (Å²) in [6.07, 6.45) is 0. The van der Waals surface area contributed by atoms with Gasteiger partial charge in [-0.2, -0.15) is 0 Å². The molecule has 0 bridgehead atoms. The van der Waals surface area contributed by atoms with Gasteiger partial charge >= 0.3 is 0 Å². The van der Waals surface area contributed by atoms with E-state index in [1.54, 1.807) is 12.1 Å². The van der Waals surface area contributed by atoms with Crippen LogP contribution in [0.3, 0.4) is 0 Å². The molecule has 5 heteroatoms. The summed E-state index contributed by atoms with van der Waals surface area (Å²) < 4.78 is 21.6. The van der Waals surface area contributed by atoms with E-state index in [1.165, 1.54) is 12.1 Å². The highest BCUT2D eigenvalue weighted by atomic mass is 35.5. The second-order valence-corrected chi connectivity index (χ2v) is 8.02. The maximum absolute atomic E-state index is 13.5. The molecular formula is C27H20ClFN2O. The van der Waals surface area contributed by atoms with Crippen molar-refractivity contribution in [3.8, 4) is 17.1 Å². The molecule has 32 heavy (non-hydrogen) atoms. The summed E-state index contributed by atoms with van der Waals surface area (Å²) in [5.74, 6) is 1.25. The summed E-state index contributed by atoms with van der Waals surface area (Å²) in [4.78, 5) is 4.88. The Bertz CT molecular complexity index is 1350. The molecule has 158 valence electrons. The lowest BCUT2D eigenvalue weighted by molar-refractivity contribution is 0.306. The topological polar surface area (TPSA) is 27.1 Å². The quantitative estimate of drug-likeness (QED) is 0.280. The lowest BCUT2D eigenvalue weighted by atomic mass is 10.2. The van der Waals surface area contributed by atoms with Gasteiger partial charge in [-0.15, -0.1) is 0 Å². The SMILES string of the molecule is Fc1ccc(-c2nc3cc(OCc4ccccc4)ccc3n2Cc2ccc(Cl)cc2)cc1. The Balaban J connectivity index is 1.53. The molecule has 0 radical (unpaired) electrons. The highest BCUT2D eigenvalue weighted by molar-refractivity contribution is 6.30. The van der Waals surface area contributed by atoms with Gasteiger partial charge in [-0.05, 0) is 59.7 Å². The number of fused-ring (bicyclic) bond motifs is 1. The van der Waals surface area contributed by atoms with Gasteiger partial charge in [0.1, 0.15) is 24.0 Å². The van der Waals surface area contributed by atoms with Gasteiger partial charge in [-0.1, -0.05) is 54.1 Å². The average Bonchev–Trinajstić information content (AvgIpc) is 3.18. The summed E-state index contributed by atoms with van der Waals surface area (Å²) in [5, 5.41) is 0.697. The summed E-state index contributed by atoms with van der Waals surface area (Å²) in [6, 6.07) is 30.1. The van der Waals surface area contributed by atoms with E-state index in [1.807, 2.05) is 72.8 Å². The van der Waals surface area contributed by atoms with Crippen LogP contribution < -0.4 is 4.74 Å². The predicted octanol–water partition coefficient (Wildman–Crippen LogP) is 7.12. The van der Waals surface area contributed by atoms with Gasteiger partial charge in [0.25, 0.3) is 0 Å². The molecule has 3 nitrogen and oxygen atoms in total. The molecule has 0 atom stereocenters. The van der Waals surface area contributed by atoms with Crippen molar-refractivity contribution < 1.29 is 9.13 Å². The fourth-order valence-electron chi connectivity index (χ4n) is 3.69. The second kappa shape index (κ2) is 8.85. The van der Waals surface area contributed by atoms with Crippen molar-refractivity contribution in [3.05, 3.63) is 119 Å². The summed E-state index contributed by atoms with van der Waals surface area (Å²) in [5.41, 5.74) is 4.85. The zero-order chi connectivity index (χ0) is 21.9. The molecule has 0 fully saturated rings. The fourth-order valence-corrected chi connectivity index (χ4v) is 3.82. The van der Waals surface area contributed by atoms with E-state index in [0.29, 0.717) is 18.2 Å². The Morgan fingerprint density at radius 1 is 0.812 bits per heavy atom. The van der Waals surface area contributed by atoms with Crippen LogP contribution >= 0.6 is 11.6 Å². The monoisotopic (exact) mass is 442 g/mol. The second-order valence-electron chi connectivity index (χ2n) is 7.58. The smallest absolute Gasteiger partial charge is 0.141 e. The van der Waals surface area contributed by atoms with E-state index in [2.05, 4.69) is 4.57 Å². The van der Waals surface area contributed by atoms with Gasteiger partial charge in [0.15, 0.2) is 0 Å². The molecule has 0 saturated heterocycles. The van der Waals surface area contributed by atoms with Gasteiger partial charge in [-0.3, -0.25) is 0 Å². The number of hydrogen-bond donors (Lipinski definition) is 0. The number of imidazole rings is 1. The molecule has 0 aliphatic carbocycles. The van der Waals surface area contributed by atoms with Gasteiger partial charge in [0.2, 0.25) is 0 Å². The maximum Gasteiger partial charge on any atom is 0.141 e. The van der Waals surface area contributed by atoms with Crippen LogP contribution in [0.4, 0.5) is 4.39 Å². The number of halogens is 2. The highest BCUT2D eigenvalue weighted by Crippen LogP contribution is 2.29. The Hall–Kier alpha value is -3.63. The number of hydrogen-bond acceptors (Lipinski definition) is 2. The number of benzene rings is 4. The van der Waals surface area contributed by atoms with E-state index in [0.717, 1.165) is 39.3 Å². The zero-order valence-corrected chi connectivity index (χ0v) is 18.0. The molecule has 0 amide bonds. The first kappa shape index (κ1) is 20.3. The molecule has 5 rings (SSSR count). The standard InChI is InChI=1S/C27H20ClFN2O/c28-22-10-6-19(7-11-22)17-31-26-15-14-24(32-18-20-4-2-1-3-5-20)16-25(26)30-27(31)21-8-12-23(29)13-9-21/h1-16H,17-18H2. The molecule has 0 N–H and O–H groups in total. The molecular weight excluding hydrogens is 423 g/mol. The third-order valence-corrected chi connectivity index (χ3v) is 5.58. The van der Waals surface area contributed by atoms with Crippen LogP contribution in [0.5, 0.6) is 5.75 Å². The van der Waals surface area contributed by atoms with Crippen molar-refractivity contribution >= 4 is 22.6 Å². The van der Waals surface area contributed by atoms with E-state index >= 15 is 0 Å². The van der Waals surface area contributed by atoms with E-state index in [-0.39, 0.29) is 5.82 Å². The van der Waals surface area contributed by atoms with E-state index in [4.69, 9.17) is 21.3 Å². The van der Waals surface area contributed by atoms with Crippen LogP contribution in [0, 0.1) is 5.82 Å². The molecule has 4 aromatic carbocycles. The molecule has 0 saturated carbocycles. The van der Waals surface area contributed by atoms with Crippen LogP contribution in [-0.2, 0) is 13.2 Å². The third-order valence-electron chi connectivity index (χ3n) is 5.32. The van der Waals surface area contributed by atoms with Crippen molar-refractivity contribution in [2.24, 2.45) is 0 Å². The Morgan fingerprint density at radius 2 is 1.56 bits per heavy atom. The largest absolute Gasteiger partial charge is 0.489 e. The minimum Gasteiger partial charge on any atom is -0.489 e. The Morgan fingerprint density at radius 3 is 2.31 bits per heavy atom. The molecule has 1 aromatic heterocycles. The molecule has 1 heterocycles. The fraction of sp³-hybridized carbons (Fsp3) is 0.0741. The van der Waals surface area contributed by atoms with Crippen molar-refractivity contribution in [1.82, 2.24) is 9.55 Å². The number of rotatable bonds is 6. The molecule has 5 aromatic rings. The number of nitrogens with zero attached hydrogens (tertiary/aromatic N) is 2. The van der Waals surface area contributed by atoms with Crippen LogP contribution in [0.1, 0.15) is 11.1 Å². The van der Waals surface area contributed by atoms with Gasteiger partial charge in [0, 0.05) is 23.2 Å². The lowest BCUT2D eigenvalue weighted by Crippen LogP contribution is -2.02. The minimum absolute atomic E-state index is 0.272. The molecule has 0 aliphatic heterocycles. The number of aromatic nitrogens is 2. The van der Waals surface area contributed by atoms with Crippen molar-refractivity contribution in [3.63, 3.8) is 0 Å². The summed E-state index contributed by atoms with van der Waals surface area (Å²) >= 11 is 6.05. The van der Waals surface area contributed by atoms with Gasteiger partial charge in [-0.25, -0.2) is 9.37 Å². The molecule has 0 unspecified atom stereocenters. The van der Waals surface area contributed by atoms with E-state index < -0.39 is 0 Å². The van der Waals surface area contributed by atoms with Crippen LogP contribution in [0.2, 0.25) is 5.02 Å². The van der Waals surface area contributed by atoms with Gasteiger partial charge in [0.05, 0.1) is 11.0 Å². The van der Waals surface area contributed by atoms with Crippen molar-refractivity contribution in [1.29, 1.82) is 0 Å². The Kier molecular flexibility index (Phi) is 5.61. The van der Waals surface area contributed by atoms with Crippen LogP contribution in [-0.4, -0.2) is 9.55 Å². The maximum atomic E-state index is 13.5. The van der Waals surface area contributed by atoms with E-state index in [9.17, 15) is 4.39 Å². The normalized spacial score (nSPS) is 11.1. The highest BCUT2D eigenvalue weighted by Gasteiger charge is 2.14. The zero-order valence-electron chi connectivity index (χ0n) is 17.2. The lowest BCUT2D eigenvalue weighted by Gasteiger charge is -2.10. The molecule has 0 spiro atoms. The Labute approximate surface area is 190 Å². The van der Waals surface area contributed by atoms with Crippen LogP contribution in [0.25, 0.3) is 22.4 Å². The molecule has 0 aliphatic rings. The minimum atomic E-state index is -0.272. The third kappa shape index (κ3) is 4.36. The summed E-state index contributed by atoms with van der Waals surface area (Å²) in [7, 11) is 0. The number of ether oxygens (including phenoxy) is 1. The van der Waals surface area contributed by atoms with Crippen molar-refractivity contribution in [2.75, 3.05) is 0 Å². The predicted molar refractivity (Wildman–Crippen MR) is 126 cm³/mol. The first-order valence-corrected chi connectivity index (χ1v) is 10.7. The van der Waals surface area contributed by atoms with Gasteiger partial charge < -0.3 is 9.30 Å². The van der Waals surface area contributed by atoms with Crippen molar-refractivity contribution in [2.45, 2.75) is 13.2 Å².